The van der Waals surface area contributed by atoms with Crippen molar-refractivity contribution < 1.29 is 23.9 Å². The number of benzene rings is 1. The zero-order valence-electron chi connectivity index (χ0n) is 14.9. The Hall–Kier alpha value is -3.16. The van der Waals surface area contributed by atoms with Crippen LogP contribution < -0.4 is 10.6 Å². The summed E-state index contributed by atoms with van der Waals surface area (Å²) in [5, 5.41) is 5.13. The van der Waals surface area contributed by atoms with E-state index in [4.69, 9.17) is 4.74 Å². The van der Waals surface area contributed by atoms with E-state index in [0.717, 1.165) is 10.5 Å². The first-order valence-electron chi connectivity index (χ1n) is 8.12. The largest absolute Gasteiger partial charge is 0.463 e. The van der Waals surface area contributed by atoms with Gasteiger partial charge in [-0.15, -0.1) is 0 Å². The van der Waals surface area contributed by atoms with Crippen molar-refractivity contribution in [2.45, 2.75) is 26.3 Å². The first-order chi connectivity index (χ1) is 12.2. The second-order valence-corrected chi connectivity index (χ2v) is 6.20. The first kappa shape index (κ1) is 19.2. The maximum absolute atomic E-state index is 12.1. The normalized spacial score (nSPS) is 15.9. The molecule has 1 aromatic carbocycles. The molecule has 0 saturated carbocycles. The molecule has 138 valence electrons. The van der Waals surface area contributed by atoms with Crippen molar-refractivity contribution >= 4 is 35.6 Å². The molecule has 1 aliphatic rings. The van der Waals surface area contributed by atoms with Gasteiger partial charge in [-0.1, -0.05) is 12.1 Å². The van der Waals surface area contributed by atoms with Gasteiger partial charge in [0.05, 0.1) is 6.61 Å². The van der Waals surface area contributed by atoms with Gasteiger partial charge < -0.3 is 15.4 Å². The number of imide groups is 1. The van der Waals surface area contributed by atoms with Crippen LogP contribution in [0, 0.1) is 0 Å². The summed E-state index contributed by atoms with van der Waals surface area (Å²) in [6, 6.07) is 6.14. The number of amides is 4. The number of carbonyl (C=O) groups excluding carboxylic acids is 4. The zero-order valence-corrected chi connectivity index (χ0v) is 14.9. The van der Waals surface area contributed by atoms with Crippen molar-refractivity contribution in [3.63, 3.8) is 0 Å². The molecule has 1 heterocycles. The third-order valence-corrected chi connectivity index (χ3v) is 3.64. The van der Waals surface area contributed by atoms with Gasteiger partial charge in [0, 0.05) is 11.8 Å². The SMILES string of the molecule is CCOC(=O)C=Cc1ccc(NC(=O)CN2C(=O)NC(C)(C)C2=O)cc1. The monoisotopic (exact) mass is 359 g/mol. The third-order valence-electron chi connectivity index (χ3n) is 3.64. The molecule has 0 unspecified atom stereocenters. The number of nitrogens with zero attached hydrogens (tertiary/aromatic N) is 1. The number of urea groups is 1. The van der Waals surface area contributed by atoms with Crippen LogP contribution >= 0.6 is 0 Å². The lowest BCUT2D eigenvalue weighted by molar-refractivity contribution is -0.137. The van der Waals surface area contributed by atoms with E-state index in [-0.39, 0.29) is 6.54 Å². The average molecular weight is 359 g/mol. The van der Waals surface area contributed by atoms with Gasteiger partial charge in [-0.05, 0) is 44.5 Å². The Labute approximate surface area is 151 Å². The molecule has 1 fully saturated rings. The van der Waals surface area contributed by atoms with Gasteiger partial charge in [0.15, 0.2) is 0 Å². The van der Waals surface area contributed by atoms with E-state index in [1.165, 1.54) is 6.08 Å². The lowest BCUT2D eigenvalue weighted by Crippen LogP contribution is -2.41. The van der Waals surface area contributed by atoms with Crippen LogP contribution in [-0.4, -0.2) is 47.4 Å². The van der Waals surface area contributed by atoms with Crippen LogP contribution in [0.25, 0.3) is 6.08 Å². The predicted molar refractivity (Wildman–Crippen MR) is 95.1 cm³/mol. The van der Waals surface area contributed by atoms with E-state index >= 15 is 0 Å². The lowest BCUT2D eigenvalue weighted by Gasteiger charge is -2.15. The van der Waals surface area contributed by atoms with Crippen LogP contribution in [0.3, 0.4) is 0 Å². The van der Waals surface area contributed by atoms with Crippen LogP contribution in [0.4, 0.5) is 10.5 Å². The minimum atomic E-state index is -1.01. The van der Waals surface area contributed by atoms with Gasteiger partial charge >= 0.3 is 12.0 Å². The Bertz CT molecular complexity index is 753. The van der Waals surface area contributed by atoms with E-state index in [9.17, 15) is 19.2 Å². The summed E-state index contributed by atoms with van der Waals surface area (Å²) in [7, 11) is 0. The molecule has 0 bridgehead atoms. The molecule has 0 atom stereocenters. The average Bonchev–Trinajstić information content (AvgIpc) is 2.76. The summed E-state index contributed by atoms with van der Waals surface area (Å²) in [6.07, 6.45) is 2.91. The van der Waals surface area contributed by atoms with E-state index in [0.29, 0.717) is 12.3 Å². The highest BCUT2D eigenvalue weighted by Gasteiger charge is 2.44. The highest BCUT2D eigenvalue weighted by molar-refractivity contribution is 6.09. The van der Waals surface area contributed by atoms with E-state index in [1.54, 1.807) is 51.1 Å². The molecule has 0 aliphatic carbocycles. The van der Waals surface area contributed by atoms with Gasteiger partial charge in [0.1, 0.15) is 12.1 Å². The van der Waals surface area contributed by atoms with Crippen LogP contribution in [0.1, 0.15) is 26.3 Å². The fraction of sp³-hybridized carbons (Fsp3) is 0.333. The first-order valence-corrected chi connectivity index (χ1v) is 8.12. The number of esters is 1. The number of anilines is 1. The fourth-order valence-corrected chi connectivity index (χ4v) is 2.34. The minimum Gasteiger partial charge on any atom is -0.463 e. The quantitative estimate of drug-likeness (QED) is 0.455. The molecule has 2 N–H and O–H groups in total. The number of hydrogen-bond donors (Lipinski definition) is 2. The topological polar surface area (TPSA) is 105 Å². The number of carbonyl (C=O) groups is 4. The molecule has 0 spiro atoms. The van der Waals surface area contributed by atoms with E-state index < -0.39 is 29.4 Å². The molecule has 4 amide bonds. The second kappa shape index (κ2) is 7.81. The number of rotatable bonds is 6. The maximum Gasteiger partial charge on any atom is 0.330 e. The van der Waals surface area contributed by atoms with Gasteiger partial charge in [0.2, 0.25) is 5.91 Å². The Morgan fingerprint density at radius 2 is 1.88 bits per heavy atom. The van der Waals surface area contributed by atoms with Gasteiger partial charge in [0.25, 0.3) is 5.91 Å². The summed E-state index contributed by atoms with van der Waals surface area (Å²) >= 11 is 0. The second-order valence-electron chi connectivity index (χ2n) is 6.20. The van der Waals surface area contributed by atoms with Crippen molar-refractivity contribution in [3.8, 4) is 0 Å². The van der Waals surface area contributed by atoms with Crippen molar-refractivity contribution in [1.82, 2.24) is 10.2 Å². The van der Waals surface area contributed by atoms with Crippen molar-refractivity contribution in [1.29, 1.82) is 0 Å². The Morgan fingerprint density at radius 1 is 1.23 bits per heavy atom. The molecule has 1 aliphatic heterocycles. The molecule has 0 aromatic heterocycles. The van der Waals surface area contributed by atoms with Gasteiger partial charge in [-0.3, -0.25) is 14.5 Å². The fourth-order valence-electron chi connectivity index (χ4n) is 2.34. The zero-order chi connectivity index (χ0) is 19.3. The van der Waals surface area contributed by atoms with Gasteiger partial charge in [-0.25, -0.2) is 9.59 Å². The Morgan fingerprint density at radius 3 is 2.42 bits per heavy atom. The molecule has 8 nitrogen and oxygen atoms in total. The predicted octanol–water partition coefficient (Wildman–Crippen LogP) is 1.53. The van der Waals surface area contributed by atoms with Crippen molar-refractivity contribution in [3.05, 3.63) is 35.9 Å². The highest BCUT2D eigenvalue weighted by atomic mass is 16.5. The molecular weight excluding hydrogens is 338 g/mol. The molecule has 1 aromatic rings. The molecule has 0 radical (unpaired) electrons. The summed E-state index contributed by atoms with van der Waals surface area (Å²) < 4.78 is 4.79. The number of hydrogen-bond acceptors (Lipinski definition) is 5. The third kappa shape index (κ3) is 4.69. The summed E-state index contributed by atoms with van der Waals surface area (Å²) in [5.41, 5.74) is 0.256. The summed E-state index contributed by atoms with van der Waals surface area (Å²) in [5.74, 6) is -1.36. The lowest BCUT2D eigenvalue weighted by atomic mass is 10.1. The molecular formula is C18H21N3O5. The van der Waals surface area contributed by atoms with E-state index in [2.05, 4.69) is 10.6 Å². The number of nitrogens with one attached hydrogen (secondary N) is 2. The van der Waals surface area contributed by atoms with Crippen LogP contribution in [-0.2, 0) is 19.1 Å². The Balaban J connectivity index is 1.93. The standard InChI is InChI=1S/C18H21N3O5/c1-4-26-15(23)10-7-12-5-8-13(9-6-12)19-14(22)11-21-16(24)18(2,3)20-17(21)25/h5-10H,4,11H2,1-3H3,(H,19,22)(H,20,25). The molecule has 8 heteroatoms. The molecule has 2 rings (SSSR count). The van der Waals surface area contributed by atoms with Crippen molar-refractivity contribution in [2.24, 2.45) is 0 Å². The molecule has 1 saturated heterocycles. The van der Waals surface area contributed by atoms with Gasteiger partial charge in [-0.2, -0.15) is 0 Å². The molecule has 26 heavy (non-hydrogen) atoms. The van der Waals surface area contributed by atoms with Crippen molar-refractivity contribution in [2.75, 3.05) is 18.5 Å². The maximum atomic E-state index is 12.1. The van der Waals surface area contributed by atoms with E-state index in [1.807, 2.05) is 0 Å². The van der Waals surface area contributed by atoms with Crippen LogP contribution in [0.5, 0.6) is 0 Å². The Kier molecular flexibility index (Phi) is 5.76. The smallest absolute Gasteiger partial charge is 0.330 e. The van der Waals surface area contributed by atoms with Crippen LogP contribution in [0.2, 0.25) is 0 Å². The minimum absolute atomic E-state index is 0.308. The highest BCUT2D eigenvalue weighted by Crippen LogP contribution is 2.17. The summed E-state index contributed by atoms with van der Waals surface area (Å²) in [4.78, 5) is 48.1. The van der Waals surface area contributed by atoms with Crippen LogP contribution in [0.15, 0.2) is 30.3 Å². The summed E-state index contributed by atoms with van der Waals surface area (Å²) in [6.45, 7) is 4.83. The number of ether oxygens (including phenoxy) is 1.